The van der Waals surface area contributed by atoms with Crippen molar-refractivity contribution in [1.29, 1.82) is 0 Å². The molecule has 0 saturated carbocycles. The molecule has 29 heavy (non-hydrogen) atoms. The fraction of sp³-hybridized carbons (Fsp3) is 0.250. The highest BCUT2D eigenvalue weighted by molar-refractivity contribution is 7.99. The first-order valence-corrected chi connectivity index (χ1v) is 12.3. The SMILES string of the molecule is COc1cccc(P(CCNCCSc2ccccc2)c2cccc(OC)c2)c1. The lowest BCUT2D eigenvalue weighted by Gasteiger charge is -2.20. The second-order valence-electron chi connectivity index (χ2n) is 6.47. The third kappa shape index (κ3) is 6.78. The van der Waals surface area contributed by atoms with Crippen LogP contribution < -0.4 is 25.4 Å². The van der Waals surface area contributed by atoms with Gasteiger partial charge in [0.15, 0.2) is 0 Å². The van der Waals surface area contributed by atoms with Gasteiger partial charge >= 0.3 is 0 Å². The zero-order valence-electron chi connectivity index (χ0n) is 17.0. The molecule has 3 aromatic carbocycles. The van der Waals surface area contributed by atoms with Crippen molar-refractivity contribution in [1.82, 2.24) is 5.32 Å². The molecule has 0 radical (unpaired) electrons. The fourth-order valence-corrected chi connectivity index (χ4v) is 6.16. The molecule has 1 N–H and O–H groups in total. The highest BCUT2D eigenvalue weighted by Crippen LogP contribution is 2.35. The number of rotatable bonds is 11. The van der Waals surface area contributed by atoms with E-state index in [1.165, 1.54) is 15.5 Å². The number of hydrogen-bond donors (Lipinski definition) is 1. The smallest absolute Gasteiger partial charge is 0.119 e. The van der Waals surface area contributed by atoms with E-state index in [1.807, 2.05) is 23.9 Å². The van der Waals surface area contributed by atoms with E-state index in [2.05, 4.69) is 72.0 Å². The maximum absolute atomic E-state index is 5.45. The molecule has 0 fully saturated rings. The van der Waals surface area contributed by atoms with Crippen LogP contribution in [0.1, 0.15) is 0 Å². The number of ether oxygens (including phenoxy) is 2. The van der Waals surface area contributed by atoms with Crippen LogP contribution in [0.4, 0.5) is 0 Å². The molecule has 3 aromatic rings. The van der Waals surface area contributed by atoms with Gasteiger partial charge in [-0.25, -0.2) is 0 Å². The Morgan fingerprint density at radius 3 is 1.97 bits per heavy atom. The first-order valence-electron chi connectivity index (χ1n) is 9.74. The van der Waals surface area contributed by atoms with Crippen LogP contribution in [0.15, 0.2) is 83.8 Å². The van der Waals surface area contributed by atoms with Crippen LogP contribution in [0.2, 0.25) is 0 Å². The highest BCUT2D eigenvalue weighted by Gasteiger charge is 2.15. The van der Waals surface area contributed by atoms with Crippen molar-refractivity contribution in [3.05, 3.63) is 78.9 Å². The molecule has 0 atom stereocenters. The maximum Gasteiger partial charge on any atom is 0.119 e. The minimum Gasteiger partial charge on any atom is -0.497 e. The molecule has 0 heterocycles. The lowest BCUT2D eigenvalue weighted by molar-refractivity contribution is 0.415. The Kier molecular flexibility index (Phi) is 8.88. The molecule has 0 aliphatic carbocycles. The van der Waals surface area contributed by atoms with E-state index in [1.54, 1.807) is 14.2 Å². The van der Waals surface area contributed by atoms with Gasteiger partial charge in [0.05, 0.1) is 14.2 Å². The molecular formula is C24H28NO2PS. The van der Waals surface area contributed by atoms with Gasteiger partial charge in [-0.15, -0.1) is 11.8 Å². The minimum absolute atomic E-state index is 0.489. The van der Waals surface area contributed by atoms with Gasteiger partial charge in [0.25, 0.3) is 0 Å². The van der Waals surface area contributed by atoms with Crippen LogP contribution >= 0.6 is 19.7 Å². The van der Waals surface area contributed by atoms with Crippen LogP contribution in [-0.2, 0) is 0 Å². The number of hydrogen-bond acceptors (Lipinski definition) is 4. The van der Waals surface area contributed by atoms with Crippen molar-refractivity contribution in [2.24, 2.45) is 0 Å². The molecule has 152 valence electrons. The first kappa shape index (κ1) is 21.7. The van der Waals surface area contributed by atoms with Crippen LogP contribution in [0.3, 0.4) is 0 Å². The highest BCUT2D eigenvalue weighted by atomic mass is 32.2. The topological polar surface area (TPSA) is 30.5 Å². The monoisotopic (exact) mass is 425 g/mol. The van der Waals surface area contributed by atoms with Gasteiger partial charge in [-0.2, -0.15) is 0 Å². The lowest BCUT2D eigenvalue weighted by Crippen LogP contribution is -2.24. The summed E-state index contributed by atoms with van der Waals surface area (Å²) in [6, 6.07) is 27.5. The second-order valence-corrected chi connectivity index (χ2v) is 9.97. The average molecular weight is 426 g/mol. The summed E-state index contributed by atoms with van der Waals surface area (Å²) in [6.07, 6.45) is 1.08. The van der Waals surface area contributed by atoms with E-state index in [0.29, 0.717) is 0 Å². The molecule has 0 aromatic heterocycles. The van der Waals surface area contributed by atoms with Crippen molar-refractivity contribution in [2.75, 3.05) is 39.2 Å². The van der Waals surface area contributed by atoms with Crippen molar-refractivity contribution >= 4 is 30.3 Å². The zero-order valence-corrected chi connectivity index (χ0v) is 18.7. The minimum atomic E-state index is -0.489. The molecule has 0 spiro atoms. The van der Waals surface area contributed by atoms with Crippen molar-refractivity contribution in [3.63, 3.8) is 0 Å². The predicted molar refractivity (Wildman–Crippen MR) is 127 cm³/mol. The molecule has 0 unspecified atom stereocenters. The van der Waals surface area contributed by atoms with Gasteiger partial charge in [-0.3, -0.25) is 0 Å². The molecule has 0 bridgehead atoms. The fourth-order valence-electron chi connectivity index (χ4n) is 3.04. The van der Waals surface area contributed by atoms with Gasteiger partial charge in [0.1, 0.15) is 11.5 Å². The summed E-state index contributed by atoms with van der Waals surface area (Å²) in [4.78, 5) is 1.32. The molecule has 0 aliphatic rings. The number of thioether (sulfide) groups is 1. The summed E-state index contributed by atoms with van der Waals surface area (Å²) in [5.74, 6) is 2.88. The Balaban J connectivity index is 1.60. The van der Waals surface area contributed by atoms with E-state index in [9.17, 15) is 0 Å². The molecule has 0 aliphatic heterocycles. The molecule has 0 saturated heterocycles. The van der Waals surface area contributed by atoms with E-state index >= 15 is 0 Å². The summed E-state index contributed by atoms with van der Waals surface area (Å²) in [5, 5.41) is 6.27. The Morgan fingerprint density at radius 2 is 1.38 bits per heavy atom. The van der Waals surface area contributed by atoms with Crippen LogP contribution in [0, 0.1) is 0 Å². The Bertz CT molecular complexity index is 828. The summed E-state index contributed by atoms with van der Waals surface area (Å²) >= 11 is 1.89. The summed E-state index contributed by atoms with van der Waals surface area (Å²) in [7, 11) is 2.95. The standard InChI is InChI=1S/C24H28NO2PS/c1-26-20-8-6-10-22(18-20)28(23-11-7-9-21(19-23)27-2)16-14-25-15-17-29-24-12-4-3-5-13-24/h3-13,18-19,25H,14-17H2,1-2H3. The Morgan fingerprint density at radius 1 is 0.759 bits per heavy atom. The van der Waals surface area contributed by atoms with Crippen LogP contribution in [-0.4, -0.2) is 39.2 Å². The Labute approximate surface area is 179 Å². The maximum atomic E-state index is 5.45. The summed E-state index contributed by atoms with van der Waals surface area (Å²) in [5.41, 5.74) is 0. The van der Waals surface area contributed by atoms with Crippen LogP contribution in [0.5, 0.6) is 11.5 Å². The third-order valence-corrected chi connectivity index (χ3v) is 8.02. The van der Waals surface area contributed by atoms with E-state index in [0.717, 1.165) is 36.5 Å². The number of benzene rings is 3. The molecule has 3 rings (SSSR count). The first-order chi connectivity index (χ1) is 14.3. The number of nitrogens with one attached hydrogen (secondary N) is 1. The number of methoxy groups -OCH3 is 2. The molecule has 3 nitrogen and oxygen atoms in total. The lowest BCUT2D eigenvalue weighted by atomic mass is 10.3. The quantitative estimate of drug-likeness (QED) is 0.278. The third-order valence-electron chi connectivity index (χ3n) is 4.53. The average Bonchev–Trinajstić information content (AvgIpc) is 2.79. The van der Waals surface area contributed by atoms with E-state index in [4.69, 9.17) is 9.47 Å². The normalized spacial score (nSPS) is 10.9. The van der Waals surface area contributed by atoms with E-state index < -0.39 is 7.92 Å². The van der Waals surface area contributed by atoms with Gasteiger partial charge in [0.2, 0.25) is 0 Å². The molecular weight excluding hydrogens is 397 g/mol. The predicted octanol–water partition coefficient (Wildman–Crippen LogP) is 4.52. The largest absolute Gasteiger partial charge is 0.497 e. The summed E-state index contributed by atoms with van der Waals surface area (Å²) in [6.45, 7) is 1.98. The zero-order chi connectivity index (χ0) is 20.3. The van der Waals surface area contributed by atoms with Gasteiger partial charge in [0, 0.05) is 17.2 Å². The van der Waals surface area contributed by atoms with Gasteiger partial charge in [-0.05, 0) is 67.6 Å². The van der Waals surface area contributed by atoms with Crippen molar-refractivity contribution in [3.8, 4) is 11.5 Å². The summed E-state index contributed by atoms with van der Waals surface area (Å²) < 4.78 is 10.9. The van der Waals surface area contributed by atoms with Crippen molar-refractivity contribution in [2.45, 2.75) is 4.90 Å². The van der Waals surface area contributed by atoms with Crippen molar-refractivity contribution < 1.29 is 9.47 Å². The van der Waals surface area contributed by atoms with Gasteiger partial charge < -0.3 is 14.8 Å². The molecule has 0 amide bonds. The molecule has 5 heteroatoms. The van der Waals surface area contributed by atoms with E-state index in [-0.39, 0.29) is 0 Å². The van der Waals surface area contributed by atoms with Crippen LogP contribution in [0.25, 0.3) is 0 Å². The van der Waals surface area contributed by atoms with Gasteiger partial charge in [-0.1, -0.05) is 42.5 Å². The second kappa shape index (κ2) is 11.9. The Hall–Kier alpha value is -2.00.